The van der Waals surface area contributed by atoms with Gasteiger partial charge in [0.05, 0.1) is 17.7 Å². The Hall–Kier alpha value is -3.50. The fourth-order valence-electron chi connectivity index (χ4n) is 3.44. The number of nitro benzene ring substituents is 1. The van der Waals surface area contributed by atoms with Crippen molar-refractivity contribution in [3.05, 3.63) is 52.1 Å². The predicted octanol–water partition coefficient (Wildman–Crippen LogP) is 4.28. The predicted molar refractivity (Wildman–Crippen MR) is 107 cm³/mol. The number of nitro groups is 1. The van der Waals surface area contributed by atoms with Gasteiger partial charge in [-0.25, -0.2) is 0 Å². The van der Waals surface area contributed by atoms with E-state index < -0.39 is 11.3 Å². The molecule has 0 aromatic heterocycles. The number of methoxy groups -OCH3 is 1. The van der Waals surface area contributed by atoms with Crippen molar-refractivity contribution in [3.63, 3.8) is 0 Å². The number of anilines is 2. The SMILES string of the molecule is COc1ccc([N+](=O)[O-])cc1NC(=O)CCN1CCCc2cc(OC(F)(F)F)ccc21. The lowest BCUT2D eigenvalue weighted by molar-refractivity contribution is -0.384. The fourth-order valence-corrected chi connectivity index (χ4v) is 3.44. The van der Waals surface area contributed by atoms with Crippen LogP contribution in [0.4, 0.5) is 30.2 Å². The lowest BCUT2D eigenvalue weighted by Gasteiger charge is -2.31. The summed E-state index contributed by atoms with van der Waals surface area (Å²) >= 11 is 0. The molecule has 11 heteroatoms. The first-order chi connectivity index (χ1) is 14.7. The molecule has 31 heavy (non-hydrogen) atoms. The number of ether oxygens (including phenoxy) is 2. The Morgan fingerprint density at radius 2 is 2.03 bits per heavy atom. The zero-order valence-electron chi connectivity index (χ0n) is 16.6. The molecule has 0 aliphatic carbocycles. The van der Waals surface area contributed by atoms with E-state index in [0.717, 1.165) is 12.1 Å². The van der Waals surface area contributed by atoms with Gasteiger partial charge in [-0.1, -0.05) is 0 Å². The number of nitrogens with zero attached hydrogens (tertiary/aromatic N) is 2. The van der Waals surface area contributed by atoms with Crippen LogP contribution in [0.1, 0.15) is 18.4 Å². The number of nitrogens with one attached hydrogen (secondary N) is 1. The molecule has 1 N–H and O–H groups in total. The Morgan fingerprint density at radius 3 is 2.71 bits per heavy atom. The minimum Gasteiger partial charge on any atom is -0.495 e. The first-order valence-electron chi connectivity index (χ1n) is 9.42. The summed E-state index contributed by atoms with van der Waals surface area (Å²) in [5.41, 5.74) is 1.47. The van der Waals surface area contributed by atoms with Crippen LogP contribution in [0.5, 0.6) is 11.5 Å². The molecule has 1 aliphatic rings. The third-order valence-electron chi connectivity index (χ3n) is 4.78. The topological polar surface area (TPSA) is 93.9 Å². The van der Waals surface area contributed by atoms with Crippen LogP contribution < -0.4 is 19.7 Å². The van der Waals surface area contributed by atoms with Gasteiger partial charge in [0, 0.05) is 37.3 Å². The number of amides is 1. The number of aryl methyl sites for hydroxylation is 1. The van der Waals surface area contributed by atoms with Crippen molar-refractivity contribution in [2.24, 2.45) is 0 Å². The van der Waals surface area contributed by atoms with Crippen LogP contribution in [0.2, 0.25) is 0 Å². The molecule has 2 aromatic rings. The van der Waals surface area contributed by atoms with E-state index in [4.69, 9.17) is 4.74 Å². The minimum atomic E-state index is -4.76. The highest BCUT2D eigenvalue weighted by molar-refractivity contribution is 5.93. The molecule has 0 atom stereocenters. The number of carbonyl (C=O) groups excluding carboxylic acids is 1. The van der Waals surface area contributed by atoms with Crippen LogP contribution in [-0.4, -0.2) is 37.4 Å². The highest BCUT2D eigenvalue weighted by atomic mass is 19.4. The Labute approximate surface area is 175 Å². The molecular weight excluding hydrogens is 419 g/mol. The summed E-state index contributed by atoms with van der Waals surface area (Å²) in [4.78, 5) is 24.7. The van der Waals surface area contributed by atoms with E-state index in [1.807, 2.05) is 4.90 Å². The van der Waals surface area contributed by atoms with Gasteiger partial charge in [-0.3, -0.25) is 14.9 Å². The molecule has 0 spiro atoms. The van der Waals surface area contributed by atoms with Crippen molar-refractivity contribution in [3.8, 4) is 11.5 Å². The lowest BCUT2D eigenvalue weighted by Crippen LogP contribution is -2.32. The number of rotatable bonds is 7. The number of benzene rings is 2. The smallest absolute Gasteiger partial charge is 0.495 e. The maximum atomic E-state index is 12.4. The zero-order valence-corrected chi connectivity index (χ0v) is 16.6. The Bertz CT molecular complexity index is 981. The van der Waals surface area contributed by atoms with Crippen LogP contribution in [0.25, 0.3) is 0 Å². The summed E-state index contributed by atoms with van der Waals surface area (Å²) in [6.07, 6.45) is -3.35. The monoisotopic (exact) mass is 439 g/mol. The summed E-state index contributed by atoms with van der Waals surface area (Å²) in [6, 6.07) is 8.05. The van der Waals surface area contributed by atoms with Gasteiger partial charge in [0.15, 0.2) is 0 Å². The number of halogens is 3. The highest BCUT2D eigenvalue weighted by Crippen LogP contribution is 2.33. The molecule has 2 aromatic carbocycles. The Morgan fingerprint density at radius 1 is 1.26 bits per heavy atom. The third kappa shape index (κ3) is 5.77. The van der Waals surface area contributed by atoms with E-state index in [-0.39, 0.29) is 29.5 Å². The lowest BCUT2D eigenvalue weighted by atomic mass is 10.0. The average Bonchev–Trinajstić information content (AvgIpc) is 2.70. The summed E-state index contributed by atoms with van der Waals surface area (Å²) < 4.78 is 46.4. The average molecular weight is 439 g/mol. The van der Waals surface area contributed by atoms with Gasteiger partial charge in [0.2, 0.25) is 5.91 Å². The first-order valence-corrected chi connectivity index (χ1v) is 9.42. The van der Waals surface area contributed by atoms with Crippen LogP contribution in [0, 0.1) is 10.1 Å². The van der Waals surface area contributed by atoms with E-state index in [2.05, 4.69) is 10.1 Å². The van der Waals surface area contributed by atoms with Gasteiger partial charge in [0.1, 0.15) is 11.5 Å². The fraction of sp³-hybridized carbons (Fsp3) is 0.350. The quantitative estimate of drug-likeness (QED) is 0.511. The van der Waals surface area contributed by atoms with Crippen molar-refractivity contribution in [2.45, 2.75) is 25.6 Å². The molecule has 1 aliphatic heterocycles. The molecule has 0 unspecified atom stereocenters. The van der Waals surface area contributed by atoms with Crippen molar-refractivity contribution in [1.82, 2.24) is 0 Å². The second kappa shape index (κ2) is 9.11. The molecule has 0 radical (unpaired) electrons. The van der Waals surface area contributed by atoms with Gasteiger partial charge >= 0.3 is 6.36 Å². The minimum absolute atomic E-state index is 0.0755. The molecule has 0 fully saturated rings. The molecule has 8 nitrogen and oxygen atoms in total. The van der Waals surface area contributed by atoms with E-state index in [0.29, 0.717) is 30.8 Å². The van der Waals surface area contributed by atoms with Crippen LogP contribution in [-0.2, 0) is 11.2 Å². The number of hydrogen-bond donors (Lipinski definition) is 1. The highest BCUT2D eigenvalue weighted by Gasteiger charge is 2.31. The standard InChI is InChI=1S/C20H20F3N3O5/c1-30-18-7-4-14(26(28)29)12-16(18)24-19(27)8-10-25-9-2-3-13-11-15(5-6-17(13)25)31-20(21,22)23/h4-7,11-12H,2-3,8-10H2,1H3,(H,24,27). The zero-order chi connectivity index (χ0) is 22.6. The Balaban J connectivity index is 1.65. The second-order valence-corrected chi connectivity index (χ2v) is 6.87. The second-order valence-electron chi connectivity index (χ2n) is 6.87. The summed E-state index contributed by atoms with van der Waals surface area (Å²) in [7, 11) is 1.39. The first kappa shape index (κ1) is 22.2. The Kier molecular flexibility index (Phi) is 6.52. The van der Waals surface area contributed by atoms with Gasteiger partial charge < -0.3 is 19.7 Å². The maximum absolute atomic E-state index is 12.4. The molecule has 0 saturated carbocycles. The summed E-state index contributed by atoms with van der Waals surface area (Å²) in [5, 5.41) is 13.6. The molecule has 1 heterocycles. The number of non-ortho nitro benzene ring substituents is 1. The van der Waals surface area contributed by atoms with Crippen LogP contribution >= 0.6 is 0 Å². The number of hydrogen-bond acceptors (Lipinski definition) is 6. The van der Waals surface area contributed by atoms with Gasteiger partial charge in [-0.15, -0.1) is 13.2 Å². The van der Waals surface area contributed by atoms with E-state index in [9.17, 15) is 28.1 Å². The largest absolute Gasteiger partial charge is 0.573 e. The molecular formula is C20H20F3N3O5. The van der Waals surface area contributed by atoms with Gasteiger partial charge in [-0.2, -0.15) is 0 Å². The molecule has 1 amide bonds. The number of carbonyl (C=O) groups is 1. The number of alkyl halides is 3. The van der Waals surface area contributed by atoms with Crippen LogP contribution in [0.15, 0.2) is 36.4 Å². The molecule has 0 saturated heterocycles. The van der Waals surface area contributed by atoms with E-state index in [1.165, 1.54) is 37.4 Å². The van der Waals surface area contributed by atoms with Crippen molar-refractivity contribution >= 4 is 23.0 Å². The van der Waals surface area contributed by atoms with Crippen molar-refractivity contribution < 1.29 is 32.4 Å². The van der Waals surface area contributed by atoms with E-state index >= 15 is 0 Å². The van der Waals surface area contributed by atoms with Crippen molar-refractivity contribution in [2.75, 3.05) is 30.4 Å². The third-order valence-corrected chi connectivity index (χ3v) is 4.78. The van der Waals surface area contributed by atoms with Crippen LogP contribution in [0.3, 0.4) is 0 Å². The maximum Gasteiger partial charge on any atom is 0.573 e. The van der Waals surface area contributed by atoms with Crippen molar-refractivity contribution in [1.29, 1.82) is 0 Å². The van der Waals surface area contributed by atoms with Gasteiger partial charge in [-0.05, 0) is 42.7 Å². The normalized spacial score (nSPS) is 13.4. The molecule has 0 bridgehead atoms. The summed E-state index contributed by atoms with van der Waals surface area (Å²) in [6.45, 7) is 0.982. The molecule has 166 valence electrons. The van der Waals surface area contributed by atoms with E-state index in [1.54, 1.807) is 6.07 Å². The molecule has 3 rings (SSSR count). The van der Waals surface area contributed by atoms with Gasteiger partial charge in [0.25, 0.3) is 5.69 Å². The number of fused-ring (bicyclic) bond motifs is 1. The summed E-state index contributed by atoms with van der Waals surface area (Å²) in [5.74, 6) is -0.356.